The van der Waals surface area contributed by atoms with Gasteiger partial charge in [0.2, 0.25) is 11.8 Å². The number of benzene rings is 3. The van der Waals surface area contributed by atoms with Crippen LogP contribution in [0.5, 0.6) is 5.75 Å². The Morgan fingerprint density at radius 1 is 0.894 bits per heavy atom. The molecule has 0 bridgehead atoms. The Kier molecular flexibility index (Phi) is 12.6. The lowest BCUT2D eigenvalue weighted by Crippen LogP contribution is -2.55. The van der Waals surface area contributed by atoms with Crippen molar-refractivity contribution in [2.75, 3.05) is 20.8 Å². The third kappa shape index (κ3) is 8.50. The molecule has 8 atom stereocenters. The number of likely N-dealkylation sites (tertiary alicyclic amines) is 2. The van der Waals surface area contributed by atoms with Crippen molar-refractivity contribution in [3.63, 3.8) is 0 Å². The van der Waals surface area contributed by atoms with E-state index in [0.717, 1.165) is 92.9 Å². The van der Waals surface area contributed by atoms with E-state index in [1.165, 1.54) is 14.2 Å². The van der Waals surface area contributed by atoms with E-state index in [9.17, 15) is 19.2 Å². The number of hydrogen-bond donors (Lipinski definition) is 3. The van der Waals surface area contributed by atoms with E-state index in [1.54, 1.807) is 0 Å². The number of alkyl carbamates (subject to hydrolysis) is 2. The zero-order valence-electron chi connectivity index (χ0n) is 39.3. The molecule has 15 nitrogen and oxygen atoms in total. The van der Waals surface area contributed by atoms with Crippen LogP contribution in [0.4, 0.5) is 15.3 Å². The van der Waals surface area contributed by atoms with Crippen LogP contribution in [0.25, 0.3) is 33.2 Å². The molecule has 0 aliphatic carbocycles. The molecule has 4 amide bonds. The number of nitrogens with one attached hydrogen (secondary N) is 3. The number of rotatable bonds is 10. The van der Waals surface area contributed by atoms with Crippen LogP contribution in [0, 0.1) is 17.8 Å². The van der Waals surface area contributed by atoms with Gasteiger partial charge in [-0.15, -0.1) is 0 Å². The van der Waals surface area contributed by atoms with Crippen LogP contribution in [0.15, 0.2) is 53.7 Å². The van der Waals surface area contributed by atoms with E-state index in [-0.39, 0.29) is 54.0 Å². The molecule has 0 radical (unpaired) electrons. The predicted molar refractivity (Wildman–Crippen MR) is 251 cm³/mol. The fourth-order valence-electron chi connectivity index (χ4n) is 11.3. The number of methoxy groups -OCH3 is 2. The number of carbonyl (C=O) groups excluding carboxylic acids is 4. The molecule has 15 heteroatoms. The molecule has 5 aliphatic rings. The summed E-state index contributed by atoms with van der Waals surface area (Å²) in [5.74, 6) is 1.40. The first-order chi connectivity index (χ1) is 31.7. The molecule has 0 saturated carbocycles. The van der Waals surface area contributed by atoms with Gasteiger partial charge in [-0.2, -0.15) is 0 Å². The van der Waals surface area contributed by atoms with Gasteiger partial charge in [0.1, 0.15) is 30.3 Å². The third-order valence-corrected chi connectivity index (χ3v) is 14.7. The topological polar surface area (TPSA) is 177 Å². The number of fused-ring (bicyclic) bond motifs is 6. The number of carbonyl (C=O) groups is 4. The van der Waals surface area contributed by atoms with Gasteiger partial charge >= 0.3 is 12.2 Å². The summed E-state index contributed by atoms with van der Waals surface area (Å²) < 4.78 is 22.3. The summed E-state index contributed by atoms with van der Waals surface area (Å²) in [6, 6.07) is 13.1. The highest BCUT2D eigenvalue weighted by Crippen LogP contribution is 2.46. The van der Waals surface area contributed by atoms with Crippen LogP contribution < -0.4 is 15.4 Å². The first-order valence-corrected chi connectivity index (χ1v) is 23.7. The molecular weight excluding hydrogens is 839 g/mol. The van der Waals surface area contributed by atoms with Crippen molar-refractivity contribution in [2.45, 2.75) is 136 Å². The van der Waals surface area contributed by atoms with Gasteiger partial charge in [0.25, 0.3) is 0 Å². The van der Waals surface area contributed by atoms with Gasteiger partial charge in [-0.3, -0.25) is 14.6 Å². The first kappa shape index (κ1) is 45.2. The Bertz CT molecular complexity index is 2560. The van der Waals surface area contributed by atoms with E-state index in [1.807, 2.05) is 43.7 Å². The van der Waals surface area contributed by atoms with Gasteiger partial charge in [-0.25, -0.2) is 14.6 Å². The molecule has 66 heavy (non-hydrogen) atoms. The van der Waals surface area contributed by atoms with Crippen LogP contribution in [0.3, 0.4) is 0 Å². The quantitative estimate of drug-likeness (QED) is 0.141. The monoisotopic (exact) mass is 901 g/mol. The number of nitrogens with zero attached hydrogens (tertiary/aromatic N) is 4. The number of amides is 4. The van der Waals surface area contributed by atoms with Gasteiger partial charge in [0.15, 0.2) is 0 Å². The van der Waals surface area contributed by atoms with Crippen molar-refractivity contribution in [3.8, 4) is 28.1 Å². The summed E-state index contributed by atoms with van der Waals surface area (Å²) in [6.45, 7) is 13.1. The van der Waals surface area contributed by atoms with Crippen molar-refractivity contribution in [3.05, 3.63) is 65.6 Å². The molecule has 9 rings (SSSR count). The van der Waals surface area contributed by atoms with Gasteiger partial charge < -0.3 is 44.4 Å². The fraction of sp³-hybridized carbons (Fsp3) is 0.529. The summed E-state index contributed by atoms with van der Waals surface area (Å²) in [5, 5.41) is 7.83. The number of hydrogen-bond acceptors (Lipinski definition) is 10. The van der Waals surface area contributed by atoms with E-state index in [4.69, 9.17) is 28.9 Å². The lowest BCUT2D eigenvalue weighted by atomic mass is 9.85. The highest BCUT2D eigenvalue weighted by molar-refractivity contribution is 6.06. The molecular formula is C51H63N7O8. The second-order valence-corrected chi connectivity index (χ2v) is 19.4. The SMILES string of the molecule is CC[C@H]1C[C@@H](c2ncc(-c3ccc4c(c3)COc3cc5c6c(ccc5cc3-4)N=C([C@@H]3CC[C@H](C)N3C(=O)[C@@H](NC(=O)OC)C(C)C)C6)[nH]2)N(C(=O)[C@@H](NC(=O)OC)C2C[C@@H](C)O[C@H](C)C2)C1. The van der Waals surface area contributed by atoms with E-state index in [0.29, 0.717) is 38.3 Å². The van der Waals surface area contributed by atoms with Crippen LogP contribution in [-0.4, -0.2) is 107 Å². The number of aromatic nitrogens is 2. The van der Waals surface area contributed by atoms with E-state index in [2.05, 4.69) is 71.9 Å². The summed E-state index contributed by atoms with van der Waals surface area (Å²) in [6.07, 6.45) is 5.86. The zero-order chi connectivity index (χ0) is 46.6. The van der Waals surface area contributed by atoms with Crippen molar-refractivity contribution in [1.82, 2.24) is 30.4 Å². The number of aromatic amines is 1. The maximum atomic E-state index is 14.5. The van der Waals surface area contributed by atoms with Crippen molar-refractivity contribution < 1.29 is 38.1 Å². The third-order valence-electron chi connectivity index (χ3n) is 14.7. The van der Waals surface area contributed by atoms with Crippen molar-refractivity contribution in [1.29, 1.82) is 0 Å². The van der Waals surface area contributed by atoms with Crippen molar-refractivity contribution in [2.24, 2.45) is 22.7 Å². The van der Waals surface area contributed by atoms with Crippen LogP contribution in [0.2, 0.25) is 0 Å². The van der Waals surface area contributed by atoms with Crippen LogP contribution in [0.1, 0.15) is 103 Å². The first-order valence-electron chi connectivity index (χ1n) is 23.7. The van der Waals surface area contributed by atoms with Gasteiger partial charge in [-0.1, -0.05) is 45.4 Å². The standard InChI is InChI=1S/C51H63N7O8/c1-9-30-18-43(57(24-30)48(59)46(56-51(62)64-8)33-16-28(5)66-29(6)17-33)47-52-23-41(54-47)32-11-13-35-34(19-32)25-65-44-22-36-31(20-38(35)44)12-14-39-37(36)21-40(53-39)42-15-10-27(4)58(42)49(60)45(26(2)3)55-50(61)63-7/h11-14,19-20,22-23,26-30,33,42-43,45-46H,9-10,15-18,21,24-25H2,1-8H3,(H,52,54)(H,55,61)(H,56,62)/t27-,28+,29+,30-,42-,43-,45-,46-/m0/s1. The summed E-state index contributed by atoms with van der Waals surface area (Å²) in [7, 11) is 2.63. The summed E-state index contributed by atoms with van der Waals surface area (Å²) >= 11 is 0. The van der Waals surface area contributed by atoms with Gasteiger partial charge in [0, 0.05) is 30.3 Å². The van der Waals surface area contributed by atoms with Gasteiger partial charge in [-0.05, 0) is 128 Å². The Labute approximate surface area is 386 Å². The Balaban J connectivity index is 0.937. The maximum Gasteiger partial charge on any atom is 0.407 e. The second kappa shape index (κ2) is 18.4. The van der Waals surface area contributed by atoms with Gasteiger partial charge in [0.05, 0.1) is 56.1 Å². The van der Waals surface area contributed by atoms with E-state index >= 15 is 0 Å². The largest absolute Gasteiger partial charge is 0.488 e. The minimum Gasteiger partial charge on any atom is -0.488 e. The molecule has 3 aromatic carbocycles. The lowest BCUT2D eigenvalue weighted by molar-refractivity contribution is -0.139. The maximum absolute atomic E-state index is 14.5. The molecule has 0 unspecified atom stereocenters. The van der Waals surface area contributed by atoms with Crippen LogP contribution >= 0.6 is 0 Å². The average Bonchev–Trinajstić information content (AvgIpc) is 4.14. The number of imidazole rings is 1. The minimum absolute atomic E-state index is 0.0106. The molecule has 3 fully saturated rings. The fourth-order valence-corrected chi connectivity index (χ4v) is 11.3. The Morgan fingerprint density at radius 3 is 2.38 bits per heavy atom. The molecule has 6 heterocycles. The second-order valence-electron chi connectivity index (χ2n) is 19.4. The lowest BCUT2D eigenvalue weighted by Gasteiger charge is -2.38. The molecule has 3 saturated heterocycles. The van der Waals surface area contributed by atoms with Crippen LogP contribution in [-0.2, 0) is 36.8 Å². The predicted octanol–water partition coefficient (Wildman–Crippen LogP) is 8.41. The molecule has 350 valence electrons. The van der Waals surface area contributed by atoms with E-state index < -0.39 is 24.3 Å². The van der Waals surface area contributed by atoms with Crippen molar-refractivity contribution >= 4 is 46.2 Å². The zero-order valence-corrected chi connectivity index (χ0v) is 39.3. The Hall–Kier alpha value is -5.96. The minimum atomic E-state index is -0.739. The molecule has 5 aliphatic heterocycles. The summed E-state index contributed by atoms with van der Waals surface area (Å²) in [4.78, 5) is 70.8. The average molecular weight is 902 g/mol. The summed E-state index contributed by atoms with van der Waals surface area (Å²) in [5.41, 5.74) is 8.00. The molecule has 1 aromatic heterocycles. The molecule has 0 spiro atoms. The number of ether oxygens (including phenoxy) is 4. The smallest absolute Gasteiger partial charge is 0.407 e. The molecule has 4 aromatic rings. The highest BCUT2D eigenvalue weighted by Gasteiger charge is 2.45. The highest BCUT2D eigenvalue weighted by atomic mass is 16.5. The Morgan fingerprint density at radius 2 is 1.65 bits per heavy atom. The number of aliphatic imine (C=N–C) groups is 1. The normalized spacial score (nSPS) is 25.3. The number of H-pyrrole nitrogens is 1. The molecule has 3 N–H and O–H groups in total.